The van der Waals surface area contributed by atoms with Gasteiger partial charge in [-0.3, -0.25) is 4.79 Å². The maximum atomic E-state index is 11.3. The summed E-state index contributed by atoms with van der Waals surface area (Å²) in [6.45, 7) is 3.59. The summed E-state index contributed by atoms with van der Waals surface area (Å²) in [5.41, 5.74) is 1.01. The van der Waals surface area contributed by atoms with Gasteiger partial charge in [-0.05, 0) is 20.3 Å². The molecule has 0 aliphatic rings. The van der Waals surface area contributed by atoms with Crippen LogP contribution in [0.5, 0.6) is 0 Å². The minimum absolute atomic E-state index is 0.0361. The zero-order chi connectivity index (χ0) is 10.6. The first-order valence-corrected chi connectivity index (χ1v) is 6.02. The second kappa shape index (κ2) is 5.47. The lowest BCUT2D eigenvalue weighted by Crippen LogP contribution is -2.14. The average Bonchev–Trinajstić information content (AvgIpc) is 2.50. The molecule has 1 aromatic heterocycles. The van der Waals surface area contributed by atoms with E-state index in [2.05, 4.69) is 4.98 Å². The van der Waals surface area contributed by atoms with E-state index in [1.807, 2.05) is 12.3 Å². The fourth-order valence-corrected chi connectivity index (χ4v) is 2.22. The van der Waals surface area contributed by atoms with Crippen LogP contribution in [0.2, 0.25) is 0 Å². The van der Waals surface area contributed by atoms with Gasteiger partial charge in [0.2, 0.25) is 0 Å². The smallest absolute Gasteiger partial charge is 0.133 e. The Hall–Kier alpha value is -0.410. The zero-order valence-corrected chi connectivity index (χ0v) is 9.99. The summed E-state index contributed by atoms with van der Waals surface area (Å²) in [6, 6.07) is 0. The number of rotatable bonds is 5. The molecule has 0 aromatic carbocycles. The molecule has 0 saturated heterocycles. The van der Waals surface area contributed by atoms with E-state index in [0.717, 1.165) is 23.5 Å². The molecule has 0 spiro atoms. The third-order valence-corrected chi connectivity index (χ3v) is 3.20. The van der Waals surface area contributed by atoms with Crippen LogP contribution in [0.3, 0.4) is 0 Å². The summed E-state index contributed by atoms with van der Waals surface area (Å²) in [6.07, 6.45) is 1.47. The Morgan fingerprint density at radius 3 is 2.86 bits per heavy atom. The van der Waals surface area contributed by atoms with Gasteiger partial charge >= 0.3 is 0 Å². The first-order chi connectivity index (χ1) is 6.63. The van der Waals surface area contributed by atoms with Crippen molar-refractivity contribution in [2.24, 2.45) is 5.92 Å². The Morgan fingerprint density at radius 1 is 1.71 bits per heavy atom. The molecule has 1 unspecified atom stereocenters. The fourth-order valence-electron chi connectivity index (χ4n) is 1.34. The van der Waals surface area contributed by atoms with Crippen LogP contribution in [0.25, 0.3) is 0 Å². The van der Waals surface area contributed by atoms with Crippen molar-refractivity contribution in [3.05, 3.63) is 16.1 Å². The standard InChI is InChI=1S/C10H14ClNOS/c1-7(13)9(3-4-11)5-10-6-14-8(2)12-10/h6,9H,3-5H2,1-2H3. The molecule has 1 rings (SSSR count). The molecule has 1 atom stereocenters. The van der Waals surface area contributed by atoms with E-state index >= 15 is 0 Å². The molecular formula is C10H14ClNOS. The van der Waals surface area contributed by atoms with Crippen molar-refractivity contribution in [3.8, 4) is 0 Å². The second-order valence-corrected chi connectivity index (χ2v) is 4.79. The third kappa shape index (κ3) is 3.39. The van der Waals surface area contributed by atoms with Gasteiger partial charge in [0.25, 0.3) is 0 Å². The van der Waals surface area contributed by atoms with E-state index in [1.165, 1.54) is 0 Å². The molecule has 4 heteroatoms. The van der Waals surface area contributed by atoms with Gasteiger partial charge in [0.05, 0.1) is 10.7 Å². The summed E-state index contributed by atoms with van der Waals surface area (Å²) in [5, 5.41) is 3.06. The molecule has 78 valence electrons. The van der Waals surface area contributed by atoms with E-state index in [-0.39, 0.29) is 11.7 Å². The van der Waals surface area contributed by atoms with E-state index in [9.17, 15) is 4.79 Å². The lowest BCUT2D eigenvalue weighted by molar-refractivity contribution is -0.120. The van der Waals surface area contributed by atoms with Crippen LogP contribution in [0.4, 0.5) is 0 Å². The number of carbonyl (C=O) groups is 1. The van der Waals surface area contributed by atoms with Gasteiger partial charge in [0.15, 0.2) is 0 Å². The summed E-state index contributed by atoms with van der Waals surface area (Å²) in [7, 11) is 0. The van der Waals surface area contributed by atoms with Crippen molar-refractivity contribution in [1.82, 2.24) is 4.98 Å². The third-order valence-electron chi connectivity index (χ3n) is 2.15. The molecule has 0 radical (unpaired) electrons. The number of aryl methyl sites for hydroxylation is 1. The molecule has 0 fully saturated rings. The maximum absolute atomic E-state index is 11.3. The summed E-state index contributed by atoms with van der Waals surface area (Å²) in [5.74, 6) is 0.776. The van der Waals surface area contributed by atoms with Crippen LogP contribution in [-0.2, 0) is 11.2 Å². The number of carbonyl (C=O) groups excluding carboxylic acids is 1. The molecule has 0 saturated carbocycles. The SMILES string of the molecule is CC(=O)C(CCCl)Cc1csc(C)n1. The van der Waals surface area contributed by atoms with Gasteiger partial charge < -0.3 is 0 Å². The normalized spacial score (nSPS) is 12.8. The van der Waals surface area contributed by atoms with E-state index in [4.69, 9.17) is 11.6 Å². The zero-order valence-electron chi connectivity index (χ0n) is 8.42. The summed E-state index contributed by atoms with van der Waals surface area (Å²) in [4.78, 5) is 15.6. The Balaban J connectivity index is 2.59. The predicted octanol–water partition coefficient (Wildman–Crippen LogP) is 2.83. The van der Waals surface area contributed by atoms with Crippen molar-refractivity contribution < 1.29 is 4.79 Å². The Morgan fingerprint density at radius 2 is 2.43 bits per heavy atom. The molecule has 0 aliphatic heterocycles. The summed E-state index contributed by atoms with van der Waals surface area (Å²) < 4.78 is 0. The lowest BCUT2D eigenvalue weighted by Gasteiger charge is -2.09. The van der Waals surface area contributed by atoms with Gasteiger partial charge in [-0.1, -0.05) is 0 Å². The number of halogens is 1. The Bertz CT molecular complexity index is 311. The number of hydrogen-bond donors (Lipinski definition) is 0. The van der Waals surface area contributed by atoms with E-state index < -0.39 is 0 Å². The van der Waals surface area contributed by atoms with Crippen LogP contribution in [0.15, 0.2) is 5.38 Å². The fraction of sp³-hybridized carbons (Fsp3) is 0.600. The van der Waals surface area contributed by atoms with Crippen molar-refractivity contribution in [3.63, 3.8) is 0 Å². The molecular weight excluding hydrogens is 218 g/mol. The largest absolute Gasteiger partial charge is 0.300 e. The van der Waals surface area contributed by atoms with Crippen LogP contribution in [0.1, 0.15) is 24.0 Å². The molecule has 0 aliphatic carbocycles. The highest BCUT2D eigenvalue weighted by Gasteiger charge is 2.15. The number of ketones is 1. The Kier molecular flexibility index (Phi) is 4.55. The van der Waals surface area contributed by atoms with Gasteiger partial charge in [-0.15, -0.1) is 22.9 Å². The van der Waals surface area contributed by atoms with E-state index in [0.29, 0.717) is 5.88 Å². The van der Waals surface area contributed by atoms with Crippen LogP contribution in [0, 0.1) is 12.8 Å². The van der Waals surface area contributed by atoms with Crippen molar-refractivity contribution in [1.29, 1.82) is 0 Å². The topological polar surface area (TPSA) is 30.0 Å². The maximum Gasteiger partial charge on any atom is 0.133 e. The highest BCUT2D eigenvalue weighted by Crippen LogP contribution is 2.16. The number of Topliss-reactive ketones (excluding diaryl/α,β-unsaturated/α-hetero) is 1. The molecule has 14 heavy (non-hydrogen) atoms. The molecule has 2 nitrogen and oxygen atoms in total. The second-order valence-electron chi connectivity index (χ2n) is 3.35. The van der Waals surface area contributed by atoms with Gasteiger partial charge in [0.1, 0.15) is 5.78 Å². The van der Waals surface area contributed by atoms with Crippen LogP contribution in [-0.4, -0.2) is 16.6 Å². The highest BCUT2D eigenvalue weighted by molar-refractivity contribution is 7.09. The molecule has 1 heterocycles. The molecule has 0 bridgehead atoms. The first kappa shape index (κ1) is 11.7. The van der Waals surface area contributed by atoms with Gasteiger partial charge in [-0.25, -0.2) is 4.98 Å². The minimum atomic E-state index is 0.0361. The molecule has 0 N–H and O–H groups in total. The number of hydrogen-bond acceptors (Lipinski definition) is 3. The Labute approximate surface area is 93.3 Å². The predicted molar refractivity (Wildman–Crippen MR) is 60.1 cm³/mol. The van der Waals surface area contributed by atoms with Gasteiger partial charge in [0, 0.05) is 23.6 Å². The van der Waals surface area contributed by atoms with Crippen LogP contribution >= 0.6 is 22.9 Å². The van der Waals surface area contributed by atoms with Crippen LogP contribution < -0.4 is 0 Å². The average molecular weight is 232 g/mol. The minimum Gasteiger partial charge on any atom is -0.300 e. The number of nitrogens with zero attached hydrogens (tertiary/aromatic N) is 1. The first-order valence-electron chi connectivity index (χ1n) is 4.61. The number of thiazole rings is 1. The summed E-state index contributed by atoms with van der Waals surface area (Å²) >= 11 is 7.26. The number of alkyl halides is 1. The van der Waals surface area contributed by atoms with E-state index in [1.54, 1.807) is 18.3 Å². The van der Waals surface area contributed by atoms with Crippen molar-refractivity contribution >= 4 is 28.7 Å². The lowest BCUT2D eigenvalue weighted by atomic mass is 9.97. The monoisotopic (exact) mass is 231 g/mol. The van der Waals surface area contributed by atoms with Crippen molar-refractivity contribution in [2.45, 2.75) is 26.7 Å². The highest BCUT2D eigenvalue weighted by atomic mass is 35.5. The molecule has 0 amide bonds. The number of aromatic nitrogens is 1. The van der Waals surface area contributed by atoms with Gasteiger partial charge in [-0.2, -0.15) is 0 Å². The molecule has 1 aromatic rings. The quantitative estimate of drug-likeness (QED) is 0.730. The van der Waals surface area contributed by atoms with Crippen molar-refractivity contribution in [2.75, 3.05) is 5.88 Å².